The van der Waals surface area contributed by atoms with E-state index in [2.05, 4.69) is 37.1 Å². The van der Waals surface area contributed by atoms with Gasteiger partial charge < -0.3 is 10.4 Å². The number of hydrogen-bond donors (Lipinski definition) is 2. The van der Waals surface area contributed by atoms with E-state index in [4.69, 9.17) is 0 Å². The molecule has 0 radical (unpaired) electrons. The van der Waals surface area contributed by atoms with Gasteiger partial charge in [0.25, 0.3) is 0 Å². The SMILES string of the molecule is C[C@@H](Nc1cccnc1)C1CC[C@H]2[C@@H]3CC[C@@H]4C[C@](C)(O)CC[C@@H]4[C@H]3CC[C@]12C. The van der Waals surface area contributed by atoms with E-state index < -0.39 is 5.60 Å². The van der Waals surface area contributed by atoms with Crippen molar-refractivity contribution in [2.24, 2.45) is 40.9 Å². The Labute approximate surface area is 177 Å². The third-order valence-electron chi connectivity index (χ3n) is 9.97. The van der Waals surface area contributed by atoms with E-state index >= 15 is 0 Å². The summed E-state index contributed by atoms with van der Waals surface area (Å²) < 4.78 is 0. The number of nitrogens with zero attached hydrogens (tertiary/aromatic N) is 1. The van der Waals surface area contributed by atoms with E-state index in [0.29, 0.717) is 11.5 Å². The number of rotatable bonds is 3. The molecule has 1 unspecified atom stereocenters. The number of hydrogen-bond acceptors (Lipinski definition) is 3. The van der Waals surface area contributed by atoms with Gasteiger partial charge in [-0.15, -0.1) is 0 Å². The van der Waals surface area contributed by atoms with Crippen molar-refractivity contribution in [1.82, 2.24) is 4.98 Å². The normalized spacial score (nSPS) is 47.6. The van der Waals surface area contributed by atoms with Gasteiger partial charge in [0.2, 0.25) is 0 Å². The molecule has 1 aromatic heterocycles. The van der Waals surface area contributed by atoms with Crippen molar-refractivity contribution in [3.8, 4) is 0 Å². The van der Waals surface area contributed by atoms with Crippen LogP contribution >= 0.6 is 0 Å². The van der Waals surface area contributed by atoms with Gasteiger partial charge in [-0.3, -0.25) is 4.98 Å². The van der Waals surface area contributed by atoms with E-state index in [1.54, 1.807) is 0 Å². The number of pyridine rings is 1. The molecular formula is C26H40N2O. The summed E-state index contributed by atoms with van der Waals surface area (Å²) in [6.45, 7) is 7.10. The lowest BCUT2D eigenvalue weighted by Gasteiger charge is -2.57. The van der Waals surface area contributed by atoms with Crippen molar-refractivity contribution in [3.05, 3.63) is 24.5 Å². The monoisotopic (exact) mass is 396 g/mol. The van der Waals surface area contributed by atoms with Gasteiger partial charge in [-0.25, -0.2) is 0 Å². The molecule has 4 saturated carbocycles. The maximum Gasteiger partial charge on any atom is 0.0622 e. The quantitative estimate of drug-likeness (QED) is 0.668. The topological polar surface area (TPSA) is 45.2 Å². The molecule has 0 bridgehead atoms. The Bertz CT molecular complexity index is 719. The zero-order valence-corrected chi connectivity index (χ0v) is 18.6. The van der Waals surface area contributed by atoms with E-state index in [9.17, 15) is 5.11 Å². The van der Waals surface area contributed by atoms with E-state index in [1.807, 2.05) is 18.5 Å². The van der Waals surface area contributed by atoms with Gasteiger partial charge >= 0.3 is 0 Å². The summed E-state index contributed by atoms with van der Waals surface area (Å²) in [7, 11) is 0. The Balaban J connectivity index is 1.31. The lowest BCUT2D eigenvalue weighted by Crippen LogP contribution is -2.51. The van der Waals surface area contributed by atoms with Crippen LogP contribution in [0.5, 0.6) is 0 Å². The second-order valence-corrected chi connectivity index (χ2v) is 11.6. The Kier molecular flexibility index (Phi) is 4.96. The minimum absolute atomic E-state index is 0.400. The number of anilines is 1. The number of aliphatic hydroxyl groups is 1. The van der Waals surface area contributed by atoms with Crippen LogP contribution in [0.4, 0.5) is 5.69 Å². The van der Waals surface area contributed by atoms with Crippen LogP contribution in [0.1, 0.15) is 78.6 Å². The van der Waals surface area contributed by atoms with Gasteiger partial charge in [0.05, 0.1) is 11.3 Å². The van der Waals surface area contributed by atoms with Crippen LogP contribution < -0.4 is 5.32 Å². The molecule has 0 spiro atoms. The molecule has 0 saturated heterocycles. The smallest absolute Gasteiger partial charge is 0.0622 e. The first-order valence-electron chi connectivity index (χ1n) is 12.3. The van der Waals surface area contributed by atoms with Gasteiger partial charge in [-0.05, 0) is 125 Å². The lowest BCUT2D eigenvalue weighted by atomic mass is 9.49. The Morgan fingerprint density at radius 3 is 2.66 bits per heavy atom. The predicted molar refractivity (Wildman–Crippen MR) is 119 cm³/mol. The van der Waals surface area contributed by atoms with Crippen LogP contribution in [0.3, 0.4) is 0 Å². The van der Waals surface area contributed by atoms with Crippen LogP contribution in [0, 0.1) is 40.9 Å². The fourth-order valence-electron chi connectivity index (χ4n) is 8.76. The van der Waals surface area contributed by atoms with Gasteiger partial charge in [0.1, 0.15) is 0 Å². The average Bonchev–Trinajstić information content (AvgIpc) is 3.05. The standard InChI is InChI=1S/C26H40N2O/c1-17(28-19-5-4-14-27-16-19)23-8-9-24-22-7-6-18-15-25(2,29)12-10-20(18)21(22)11-13-26(23,24)3/h4-5,14,16-18,20-24,28-29H,6-13,15H2,1-3H3/t17-,18-,20+,21-,22-,23?,24+,25-,26-/m1/s1. The molecule has 1 aromatic rings. The molecule has 1 heterocycles. The highest BCUT2D eigenvalue weighted by atomic mass is 16.3. The first-order chi connectivity index (χ1) is 13.9. The van der Waals surface area contributed by atoms with Crippen LogP contribution in [0.2, 0.25) is 0 Å². The van der Waals surface area contributed by atoms with Crippen molar-refractivity contribution in [2.75, 3.05) is 5.32 Å². The Morgan fingerprint density at radius 2 is 1.86 bits per heavy atom. The molecule has 0 aliphatic heterocycles. The largest absolute Gasteiger partial charge is 0.390 e. The number of nitrogens with one attached hydrogen (secondary N) is 1. The molecule has 9 atom stereocenters. The third kappa shape index (κ3) is 3.42. The van der Waals surface area contributed by atoms with Crippen molar-refractivity contribution < 1.29 is 5.11 Å². The Morgan fingerprint density at radius 1 is 1.03 bits per heavy atom. The second-order valence-electron chi connectivity index (χ2n) is 11.6. The molecule has 4 aliphatic carbocycles. The molecule has 160 valence electrons. The zero-order valence-electron chi connectivity index (χ0n) is 18.6. The van der Waals surface area contributed by atoms with E-state index in [1.165, 1.54) is 44.9 Å². The third-order valence-corrected chi connectivity index (χ3v) is 9.97. The molecule has 4 aliphatic rings. The molecule has 0 aromatic carbocycles. The van der Waals surface area contributed by atoms with Gasteiger partial charge in [-0.1, -0.05) is 6.92 Å². The first kappa shape index (κ1) is 19.8. The zero-order chi connectivity index (χ0) is 20.2. The van der Waals surface area contributed by atoms with Crippen LogP contribution in [-0.4, -0.2) is 21.7 Å². The van der Waals surface area contributed by atoms with Crippen molar-refractivity contribution in [1.29, 1.82) is 0 Å². The number of aromatic nitrogens is 1. The summed E-state index contributed by atoms with van der Waals surface area (Å²) in [5.74, 6) is 5.22. The number of fused-ring (bicyclic) bond motifs is 5. The molecule has 3 nitrogen and oxygen atoms in total. The van der Waals surface area contributed by atoms with Crippen molar-refractivity contribution in [2.45, 2.75) is 90.2 Å². The van der Waals surface area contributed by atoms with Crippen LogP contribution in [-0.2, 0) is 0 Å². The maximum atomic E-state index is 10.6. The second kappa shape index (κ2) is 7.25. The lowest BCUT2D eigenvalue weighted by molar-refractivity contribution is -0.100. The molecule has 2 N–H and O–H groups in total. The van der Waals surface area contributed by atoms with Crippen molar-refractivity contribution in [3.63, 3.8) is 0 Å². The predicted octanol–water partition coefficient (Wildman–Crippen LogP) is 5.90. The summed E-state index contributed by atoms with van der Waals surface area (Å²) in [5.41, 5.74) is 1.25. The average molecular weight is 397 g/mol. The summed E-state index contributed by atoms with van der Waals surface area (Å²) >= 11 is 0. The fraction of sp³-hybridized carbons (Fsp3) is 0.808. The van der Waals surface area contributed by atoms with E-state index in [-0.39, 0.29) is 0 Å². The maximum absolute atomic E-state index is 10.6. The van der Waals surface area contributed by atoms with Crippen molar-refractivity contribution >= 4 is 5.69 Å². The first-order valence-corrected chi connectivity index (χ1v) is 12.3. The molecule has 5 rings (SSSR count). The minimum atomic E-state index is -0.400. The highest BCUT2D eigenvalue weighted by Crippen LogP contribution is 2.65. The highest BCUT2D eigenvalue weighted by Gasteiger charge is 2.58. The summed E-state index contributed by atoms with van der Waals surface area (Å²) in [6.07, 6.45) is 15.6. The minimum Gasteiger partial charge on any atom is -0.390 e. The Hall–Kier alpha value is -1.09. The highest BCUT2D eigenvalue weighted by molar-refractivity contribution is 5.41. The van der Waals surface area contributed by atoms with Crippen LogP contribution in [0.15, 0.2) is 24.5 Å². The summed E-state index contributed by atoms with van der Waals surface area (Å²) in [5, 5.41) is 14.4. The summed E-state index contributed by atoms with van der Waals surface area (Å²) in [6, 6.07) is 4.68. The fourth-order valence-corrected chi connectivity index (χ4v) is 8.76. The van der Waals surface area contributed by atoms with Gasteiger partial charge in [0.15, 0.2) is 0 Å². The molecule has 4 fully saturated rings. The summed E-state index contributed by atoms with van der Waals surface area (Å²) in [4.78, 5) is 4.29. The van der Waals surface area contributed by atoms with E-state index in [0.717, 1.165) is 54.0 Å². The molecule has 29 heavy (non-hydrogen) atoms. The van der Waals surface area contributed by atoms with Gasteiger partial charge in [0, 0.05) is 18.4 Å². The van der Waals surface area contributed by atoms with Crippen LogP contribution in [0.25, 0.3) is 0 Å². The molecule has 3 heteroatoms. The molecule has 0 amide bonds. The molecular weight excluding hydrogens is 356 g/mol. The van der Waals surface area contributed by atoms with Gasteiger partial charge in [-0.2, -0.15) is 0 Å².